The number of rotatable bonds is 3. The smallest absolute Gasteiger partial charge is 0.155 e. The minimum absolute atomic E-state index is 0.218. The Balaban J connectivity index is 1.41. The van der Waals surface area contributed by atoms with E-state index in [0.717, 1.165) is 56.7 Å². The van der Waals surface area contributed by atoms with E-state index >= 15 is 0 Å². The van der Waals surface area contributed by atoms with E-state index < -0.39 is 0 Å². The molecule has 4 aliphatic rings. The van der Waals surface area contributed by atoms with Crippen molar-refractivity contribution in [3.63, 3.8) is 0 Å². The number of nitrogens with one attached hydrogen (secondary N) is 1. The van der Waals surface area contributed by atoms with Crippen LogP contribution in [0, 0.1) is 12.8 Å². The standard InChI is InChI=1S/C23H32N6O/c1-15-10-19-13-25-29(21(19)11-20(15)18-4-6-24-7-5-18)23-12-22(26-17(3)27-23)28-8-9-30-16(2)14-28/h10,12-13,16,18,21,24H,4-9,11,14H2,1-3H3/t16-,21?/m1/s1. The van der Waals surface area contributed by atoms with Gasteiger partial charge in [-0.3, -0.25) is 0 Å². The molecule has 2 fully saturated rings. The second-order valence-electron chi connectivity index (χ2n) is 8.94. The largest absolute Gasteiger partial charge is 0.375 e. The van der Waals surface area contributed by atoms with E-state index in [0.29, 0.717) is 5.92 Å². The van der Waals surface area contributed by atoms with E-state index in [-0.39, 0.29) is 12.1 Å². The Kier molecular flexibility index (Phi) is 5.33. The molecule has 30 heavy (non-hydrogen) atoms. The van der Waals surface area contributed by atoms with Crippen molar-refractivity contribution >= 4 is 17.9 Å². The van der Waals surface area contributed by atoms with Gasteiger partial charge in [0.2, 0.25) is 0 Å². The maximum absolute atomic E-state index is 5.70. The molecule has 1 N–H and O–H groups in total. The molecule has 0 radical (unpaired) electrons. The van der Waals surface area contributed by atoms with Crippen LogP contribution in [0.3, 0.4) is 0 Å². The average molecular weight is 409 g/mol. The van der Waals surface area contributed by atoms with Crippen molar-refractivity contribution < 1.29 is 4.74 Å². The number of ether oxygens (including phenoxy) is 1. The third-order valence-corrected chi connectivity index (χ3v) is 6.76. The fourth-order valence-corrected chi connectivity index (χ4v) is 5.21. The van der Waals surface area contributed by atoms with Crippen LogP contribution in [0.1, 0.15) is 38.9 Å². The van der Waals surface area contributed by atoms with Crippen LogP contribution in [0.15, 0.2) is 34.0 Å². The van der Waals surface area contributed by atoms with E-state index in [2.05, 4.69) is 41.2 Å². The molecule has 1 aromatic heterocycles. The Morgan fingerprint density at radius 1 is 1.13 bits per heavy atom. The lowest BCUT2D eigenvalue weighted by Crippen LogP contribution is -2.41. The predicted molar refractivity (Wildman–Crippen MR) is 120 cm³/mol. The fraction of sp³-hybridized carbons (Fsp3) is 0.609. The summed E-state index contributed by atoms with van der Waals surface area (Å²) in [5, 5.41) is 10.4. The highest BCUT2D eigenvalue weighted by Gasteiger charge is 2.34. The first-order valence-electron chi connectivity index (χ1n) is 11.3. The molecule has 2 saturated heterocycles. The highest BCUT2D eigenvalue weighted by atomic mass is 16.5. The summed E-state index contributed by atoms with van der Waals surface area (Å²) in [5.74, 6) is 3.34. The second-order valence-corrected chi connectivity index (χ2v) is 8.94. The van der Waals surface area contributed by atoms with Crippen LogP contribution in [0.25, 0.3) is 0 Å². The summed E-state index contributed by atoms with van der Waals surface area (Å²) < 4.78 is 5.70. The molecule has 160 valence electrons. The lowest BCUT2D eigenvalue weighted by atomic mass is 9.79. The first-order chi connectivity index (χ1) is 14.6. The van der Waals surface area contributed by atoms with Gasteiger partial charge in [-0.2, -0.15) is 5.10 Å². The van der Waals surface area contributed by atoms with Crippen molar-refractivity contribution in [2.45, 2.75) is 52.2 Å². The molecule has 0 saturated carbocycles. The molecule has 2 atom stereocenters. The summed E-state index contributed by atoms with van der Waals surface area (Å²) in [7, 11) is 0. The van der Waals surface area contributed by atoms with Gasteiger partial charge >= 0.3 is 0 Å². The molecule has 1 aromatic rings. The number of morpholine rings is 1. The number of hydrogen-bond donors (Lipinski definition) is 1. The zero-order valence-electron chi connectivity index (χ0n) is 18.3. The van der Waals surface area contributed by atoms with Crippen molar-refractivity contribution in [1.82, 2.24) is 15.3 Å². The second kappa shape index (κ2) is 8.12. The van der Waals surface area contributed by atoms with Crippen LogP contribution < -0.4 is 15.2 Å². The lowest BCUT2D eigenvalue weighted by molar-refractivity contribution is 0.0529. The molecule has 1 unspecified atom stereocenters. The molecular weight excluding hydrogens is 376 g/mol. The molecule has 7 heteroatoms. The predicted octanol–water partition coefficient (Wildman–Crippen LogP) is 2.83. The lowest BCUT2D eigenvalue weighted by Gasteiger charge is -2.34. The molecule has 0 bridgehead atoms. The van der Waals surface area contributed by atoms with Crippen LogP contribution in [0.2, 0.25) is 0 Å². The third-order valence-electron chi connectivity index (χ3n) is 6.76. The fourth-order valence-electron chi connectivity index (χ4n) is 5.21. The first-order valence-corrected chi connectivity index (χ1v) is 11.3. The highest BCUT2D eigenvalue weighted by Crippen LogP contribution is 2.39. The summed E-state index contributed by atoms with van der Waals surface area (Å²) >= 11 is 0. The summed E-state index contributed by atoms with van der Waals surface area (Å²) in [6, 6.07) is 2.34. The Morgan fingerprint density at radius 2 is 1.93 bits per heavy atom. The molecule has 5 rings (SSSR count). The van der Waals surface area contributed by atoms with Gasteiger partial charge in [0.15, 0.2) is 5.82 Å². The van der Waals surface area contributed by atoms with Gasteiger partial charge in [0.05, 0.1) is 25.0 Å². The van der Waals surface area contributed by atoms with Crippen molar-refractivity contribution in [2.75, 3.05) is 42.7 Å². The topological polar surface area (TPSA) is 65.9 Å². The molecule has 0 spiro atoms. The minimum atomic E-state index is 0.218. The molecule has 0 amide bonds. The summed E-state index contributed by atoms with van der Waals surface area (Å²) in [6.07, 6.45) is 8.07. The van der Waals surface area contributed by atoms with Crippen LogP contribution in [-0.2, 0) is 4.74 Å². The zero-order chi connectivity index (χ0) is 20.7. The number of anilines is 2. The van der Waals surface area contributed by atoms with Crippen molar-refractivity contribution in [1.29, 1.82) is 0 Å². The third kappa shape index (κ3) is 3.76. The zero-order valence-corrected chi connectivity index (χ0v) is 18.3. The van der Waals surface area contributed by atoms with Gasteiger partial charge in [-0.1, -0.05) is 17.2 Å². The van der Waals surface area contributed by atoms with Gasteiger partial charge in [0.25, 0.3) is 0 Å². The molecule has 7 nitrogen and oxygen atoms in total. The number of nitrogens with zero attached hydrogens (tertiary/aromatic N) is 5. The van der Waals surface area contributed by atoms with E-state index in [1.807, 2.05) is 13.1 Å². The average Bonchev–Trinajstić information content (AvgIpc) is 3.16. The quantitative estimate of drug-likeness (QED) is 0.830. The maximum atomic E-state index is 5.70. The Bertz CT molecular complexity index is 901. The number of hydrogen-bond acceptors (Lipinski definition) is 7. The molecule has 1 aliphatic carbocycles. The van der Waals surface area contributed by atoms with Crippen molar-refractivity contribution in [3.8, 4) is 0 Å². The molecular formula is C23H32N6O. The highest BCUT2D eigenvalue weighted by molar-refractivity contribution is 5.87. The van der Waals surface area contributed by atoms with E-state index in [1.54, 1.807) is 5.57 Å². The van der Waals surface area contributed by atoms with Crippen molar-refractivity contribution in [2.24, 2.45) is 11.0 Å². The number of fused-ring (bicyclic) bond motifs is 1. The van der Waals surface area contributed by atoms with Crippen molar-refractivity contribution in [3.05, 3.63) is 34.7 Å². The Labute approximate surface area is 178 Å². The van der Waals surface area contributed by atoms with Crippen LogP contribution in [0.4, 0.5) is 11.6 Å². The summed E-state index contributed by atoms with van der Waals surface area (Å²) in [5.41, 5.74) is 4.33. The van der Waals surface area contributed by atoms with E-state index in [9.17, 15) is 0 Å². The van der Waals surface area contributed by atoms with Gasteiger partial charge in [0.1, 0.15) is 11.6 Å². The summed E-state index contributed by atoms with van der Waals surface area (Å²) in [6.45, 7) is 11.0. The number of allylic oxidation sites excluding steroid dienone is 2. The van der Waals surface area contributed by atoms with Crippen LogP contribution in [-0.4, -0.2) is 61.1 Å². The minimum Gasteiger partial charge on any atom is -0.375 e. The van der Waals surface area contributed by atoms with Crippen LogP contribution in [0.5, 0.6) is 0 Å². The molecule has 4 heterocycles. The summed E-state index contributed by atoms with van der Waals surface area (Å²) in [4.78, 5) is 11.8. The Hall–Kier alpha value is -2.25. The van der Waals surface area contributed by atoms with Gasteiger partial charge in [-0.05, 0) is 64.6 Å². The number of aromatic nitrogens is 2. The first kappa shape index (κ1) is 19.7. The van der Waals surface area contributed by atoms with Gasteiger partial charge < -0.3 is 15.0 Å². The van der Waals surface area contributed by atoms with Gasteiger partial charge in [0, 0.05) is 19.2 Å². The van der Waals surface area contributed by atoms with Gasteiger partial charge in [-0.15, -0.1) is 0 Å². The van der Waals surface area contributed by atoms with E-state index in [1.165, 1.54) is 24.0 Å². The van der Waals surface area contributed by atoms with Crippen LogP contribution >= 0.6 is 0 Å². The van der Waals surface area contributed by atoms with E-state index in [4.69, 9.17) is 19.8 Å². The Morgan fingerprint density at radius 3 is 2.73 bits per heavy atom. The molecule has 0 aromatic carbocycles. The molecule has 3 aliphatic heterocycles. The maximum Gasteiger partial charge on any atom is 0.155 e. The normalized spacial score (nSPS) is 27.5. The number of aryl methyl sites for hydroxylation is 1. The number of hydrazone groups is 1. The monoisotopic (exact) mass is 408 g/mol. The SMILES string of the molecule is CC1=C(C2CCNCC2)CC2C(=C1)C=NN2c1cc(N2CCO[C@H](C)C2)nc(C)n1. The number of piperidine rings is 1. The van der Waals surface area contributed by atoms with Gasteiger partial charge in [-0.25, -0.2) is 15.0 Å².